The average Bonchev–Trinajstić information content (AvgIpc) is 2.45. The van der Waals surface area contributed by atoms with E-state index in [4.69, 9.17) is 46.4 Å². The number of hydrogen-bond donors (Lipinski definition) is 1. The minimum Gasteiger partial charge on any atom is -0.345 e. The Hall–Kier alpha value is -0.810. The van der Waals surface area contributed by atoms with Gasteiger partial charge < -0.3 is 5.32 Å². The van der Waals surface area contributed by atoms with Gasteiger partial charge in [0.2, 0.25) is 3.79 Å². The standard InChI is InChI=1S/C14H13Cl4N3O/c1-8(22)9-3-5-10(6-4-9)13(2)20-11(7-15)19-12(21-13)14(16,17)18/h3-6H,7H2,1-2H3,(H,19,20,21). The van der Waals surface area contributed by atoms with Crippen LogP contribution in [-0.4, -0.2) is 27.1 Å². The predicted molar refractivity (Wildman–Crippen MR) is 92.8 cm³/mol. The molecule has 0 amide bonds. The Kier molecular flexibility index (Phi) is 5.07. The molecule has 0 spiro atoms. The van der Waals surface area contributed by atoms with Crippen LogP contribution in [0.25, 0.3) is 0 Å². The highest BCUT2D eigenvalue weighted by Gasteiger charge is 2.37. The zero-order valence-corrected chi connectivity index (χ0v) is 14.9. The smallest absolute Gasteiger partial charge is 0.249 e. The first-order chi connectivity index (χ1) is 10.2. The summed E-state index contributed by atoms with van der Waals surface area (Å²) in [5.74, 6) is 0.629. The third kappa shape index (κ3) is 3.74. The summed E-state index contributed by atoms with van der Waals surface area (Å²) >= 11 is 23.5. The second-order valence-corrected chi connectivity index (χ2v) is 7.50. The molecule has 0 aromatic heterocycles. The SMILES string of the molecule is CC(=O)c1ccc(C2(C)N=C(C(Cl)(Cl)Cl)N=C(CCl)N2)cc1. The van der Waals surface area contributed by atoms with Crippen LogP contribution in [0.1, 0.15) is 29.8 Å². The molecule has 1 aliphatic rings. The van der Waals surface area contributed by atoms with Gasteiger partial charge in [-0.25, -0.2) is 9.98 Å². The Morgan fingerprint density at radius 1 is 1.27 bits per heavy atom. The van der Waals surface area contributed by atoms with Crippen molar-refractivity contribution in [2.45, 2.75) is 23.3 Å². The molecule has 1 unspecified atom stereocenters. The van der Waals surface area contributed by atoms with Gasteiger partial charge in [-0.15, -0.1) is 11.6 Å². The Balaban J connectivity index is 2.46. The van der Waals surface area contributed by atoms with Gasteiger partial charge in [0.1, 0.15) is 5.84 Å². The zero-order valence-electron chi connectivity index (χ0n) is 11.8. The van der Waals surface area contributed by atoms with Crippen molar-refractivity contribution >= 4 is 63.9 Å². The van der Waals surface area contributed by atoms with Gasteiger partial charge in [0.15, 0.2) is 17.3 Å². The number of halogens is 4. The molecule has 1 N–H and O–H groups in total. The first-order valence-electron chi connectivity index (χ1n) is 6.36. The van der Waals surface area contributed by atoms with Gasteiger partial charge in [-0.05, 0) is 19.4 Å². The average molecular weight is 381 g/mol. The molecule has 0 radical (unpaired) electrons. The number of hydrogen-bond acceptors (Lipinski definition) is 4. The summed E-state index contributed by atoms with van der Waals surface area (Å²) in [6.07, 6.45) is 0. The van der Waals surface area contributed by atoms with Crippen LogP contribution in [-0.2, 0) is 5.66 Å². The number of nitrogens with zero attached hydrogens (tertiary/aromatic N) is 2. The van der Waals surface area contributed by atoms with Crippen molar-refractivity contribution in [2.75, 3.05) is 5.88 Å². The summed E-state index contributed by atoms with van der Waals surface area (Å²) in [7, 11) is 0. The molecular formula is C14H13Cl4N3O. The monoisotopic (exact) mass is 379 g/mol. The van der Waals surface area contributed by atoms with Crippen LogP contribution < -0.4 is 5.32 Å². The van der Waals surface area contributed by atoms with Gasteiger partial charge in [0.25, 0.3) is 0 Å². The van der Waals surface area contributed by atoms with Crippen LogP contribution in [0.2, 0.25) is 0 Å². The number of nitrogens with one attached hydrogen (secondary N) is 1. The van der Waals surface area contributed by atoms with Crippen LogP contribution in [0.3, 0.4) is 0 Å². The number of Topliss-reactive ketones (excluding diaryl/α,β-unsaturated/α-hetero) is 1. The van der Waals surface area contributed by atoms with Gasteiger partial charge >= 0.3 is 0 Å². The quantitative estimate of drug-likeness (QED) is 0.634. The minimum atomic E-state index is -1.75. The Morgan fingerprint density at radius 3 is 2.32 bits per heavy atom. The van der Waals surface area contributed by atoms with E-state index in [1.165, 1.54) is 6.92 Å². The first-order valence-corrected chi connectivity index (χ1v) is 8.03. The van der Waals surface area contributed by atoms with Crippen molar-refractivity contribution in [2.24, 2.45) is 9.98 Å². The van der Waals surface area contributed by atoms with Gasteiger partial charge in [-0.3, -0.25) is 4.79 Å². The summed E-state index contributed by atoms with van der Waals surface area (Å²) in [5, 5.41) is 3.12. The zero-order chi connectivity index (χ0) is 16.5. The van der Waals surface area contributed by atoms with Gasteiger partial charge in [0.05, 0.1) is 5.88 Å². The minimum absolute atomic E-state index is 0.0122. The van der Waals surface area contributed by atoms with Crippen molar-refractivity contribution < 1.29 is 4.79 Å². The fourth-order valence-corrected chi connectivity index (χ4v) is 2.44. The largest absolute Gasteiger partial charge is 0.345 e. The van der Waals surface area contributed by atoms with Crippen LogP contribution in [0.15, 0.2) is 34.3 Å². The van der Waals surface area contributed by atoms with E-state index in [1.807, 2.05) is 6.92 Å². The van der Waals surface area contributed by atoms with Crippen molar-refractivity contribution in [3.63, 3.8) is 0 Å². The number of benzene rings is 1. The molecule has 1 aromatic carbocycles. The summed E-state index contributed by atoms with van der Waals surface area (Å²) in [4.78, 5) is 19.9. The van der Waals surface area contributed by atoms with Crippen molar-refractivity contribution in [1.82, 2.24) is 5.32 Å². The Bertz CT molecular complexity index is 649. The fraction of sp³-hybridized carbons (Fsp3) is 0.357. The summed E-state index contributed by atoms with van der Waals surface area (Å²) in [5.41, 5.74) is 0.516. The number of rotatable bonds is 3. The molecular weight excluding hydrogens is 368 g/mol. The van der Waals surface area contributed by atoms with Crippen molar-refractivity contribution in [1.29, 1.82) is 0 Å². The molecule has 1 aliphatic heterocycles. The molecule has 0 aliphatic carbocycles. The number of carbonyl (C=O) groups is 1. The molecule has 2 rings (SSSR count). The van der Waals surface area contributed by atoms with Crippen LogP contribution >= 0.6 is 46.4 Å². The third-order valence-corrected chi connectivity index (χ3v) is 3.95. The lowest BCUT2D eigenvalue weighted by molar-refractivity contribution is 0.101. The van der Waals surface area contributed by atoms with Gasteiger partial charge in [0, 0.05) is 5.56 Å². The molecule has 0 saturated heterocycles. The summed E-state index contributed by atoms with van der Waals surface area (Å²) in [6.45, 7) is 3.32. The molecule has 22 heavy (non-hydrogen) atoms. The maximum atomic E-state index is 11.4. The number of ketones is 1. The lowest BCUT2D eigenvalue weighted by atomic mass is 9.99. The fourth-order valence-electron chi connectivity index (χ4n) is 2.06. The van der Waals surface area contributed by atoms with Crippen LogP contribution in [0.5, 0.6) is 0 Å². The van der Waals surface area contributed by atoms with Crippen LogP contribution in [0, 0.1) is 0 Å². The van der Waals surface area contributed by atoms with Gasteiger partial charge in [-0.2, -0.15) is 0 Å². The van der Waals surface area contributed by atoms with Crippen LogP contribution in [0.4, 0.5) is 0 Å². The highest BCUT2D eigenvalue weighted by atomic mass is 35.6. The molecule has 4 nitrogen and oxygen atoms in total. The van der Waals surface area contributed by atoms with E-state index in [2.05, 4.69) is 15.3 Å². The summed E-state index contributed by atoms with van der Waals surface area (Å²) < 4.78 is -1.75. The lowest BCUT2D eigenvalue weighted by Crippen LogP contribution is -2.48. The second kappa shape index (κ2) is 6.36. The highest BCUT2D eigenvalue weighted by Crippen LogP contribution is 2.34. The Morgan fingerprint density at radius 2 is 1.86 bits per heavy atom. The highest BCUT2D eigenvalue weighted by molar-refractivity contribution is 6.77. The maximum Gasteiger partial charge on any atom is 0.249 e. The third-order valence-electron chi connectivity index (χ3n) is 3.19. The molecule has 0 fully saturated rings. The van der Waals surface area contributed by atoms with E-state index >= 15 is 0 Å². The summed E-state index contributed by atoms with van der Waals surface area (Å²) in [6, 6.07) is 7.03. The van der Waals surface area contributed by atoms with Crippen molar-refractivity contribution in [3.8, 4) is 0 Å². The molecule has 8 heteroatoms. The topological polar surface area (TPSA) is 53.8 Å². The van der Waals surface area contributed by atoms with E-state index in [9.17, 15) is 4.79 Å². The van der Waals surface area contributed by atoms with E-state index in [1.54, 1.807) is 24.3 Å². The number of carbonyl (C=O) groups excluding carboxylic acids is 1. The molecule has 0 bridgehead atoms. The number of alkyl halides is 4. The van der Waals surface area contributed by atoms with E-state index < -0.39 is 9.46 Å². The van der Waals surface area contributed by atoms with Gasteiger partial charge in [-0.1, -0.05) is 59.1 Å². The first kappa shape index (κ1) is 17.5. The molecule has 1 atom stereocenters. The maximum absolute atomic E-state index is 11.4. The second-order valence-electron chi connectivity index (χ2n) is 4.96. The van der Waals surface area contributed by atoms with E-state index in [0.29, 0.717) is 11.4 Å². The van der Waals surface area contributed by atoms with E-state index in [-0.39, 0.29) is 17.5 Å². The van der Waals surface area contributed by atoms with E-state index in [0.717, 1.165) is 5.56 Å². The molecule has 1 aromatic rings. The normalized spacial score (nSPS) is 21.7. The predicted octanol–water partition coefficient (Wildman–Crippen LogP) is 4.07. The number of amidine groups is 2. The molecule has 1 heterocycles. The molecule has 0 saturated carbocycles. The van der Waals surface area contributed by atoms with Crippen molar-refractivity contribution in [3.05, 3.63) is 35.4 Å². The number of aliphatic imine (C=N–C) groups is 2. The Labute approximate surface area is 148 Å². The molecule has 118 valence electrons. The lowest BCUT2D eigenvalue weighted by Gasteiger charge is -2.33.